The van der Waals surface area contributed by atoms with Gasteiger partial charge in [0.2, 0.25) is 5.91 Å². The number of esters is 1. The van der Waals surface area contributed by atoms with Gasteiger partial charge in [-0.25, -0.2) is 4.79 Å². The Hall–Kier alpha value is -3.32. The van der Waals surface area contributed by atoms with Gasteiger partial charge in [0, 0.05) is 23.4 Å². The van der Waals surface area contributed by atoms with Crippen molar-refractivity contribution in [3.05, 3.63) is 66.7 Å². The Morgan fingerprint density at radius 2 is 1.80 bits per heavy atom. The molecule has 1 atom stereocenters. The third kappa shape index (κ3) is 3.02. The van der Waals surface area contributed by atoms with Gasteiger partial charge >= 0.3 is 5.97 Å². The monoisotopic (exact) mass is 418 g/mol. The van der Waals surface area contributed by atoms with Gasteiger partial charge in [0.05, 0.1) is 5.69 Å². The van der Waals surface area contributed by atoms with Crippen LogP contribution in [0.2, 0.25) is 0 Å². The number of rotatable bonds is 4. The van der Waals surface area contributed by atoms with Gasteiger partial charge in [-0.15, -0.1) is 0 Å². The van der Waals surface area contributed by atoms with E-state index in [-0.39, 0.29) is 12.3 Å². The molecule has 0 spiro atoms. The highest BCUT2D eigenvalue weighted by Gasteiger charge is 2.58. The number of carbonyl (C=O) groups is 3. The fourth-order valence-corrected chi connectivity index (χ4v) is 5.39. The molecule has 1 N–H and O–H groups in total. The number of nitrogens with zero attached hydrogens (tertiary/aromatic N) is 1. The van der Waals surface area contributed by atoms with Gasteiger partial charge in [0.25, 0.3) is 5.91 Å². The molecular weight excluding hydrogens is 400 g/mol. The maximum Gasteiger partial charge on any atom is 0.344 e. The molecule has 2 amide bonds. The average molecular weight is 418 g/mol. The van der Waals surface area contributed by atoms with Gasteiger partial charge < -0.3 is 10.1 Å². The predicted octanol–water partition coefficient (Wildman–Crippen LogP) is 3.95. The number of benzene rings is 3. The largest absolute Gasteiger partial charge is 0.453 e. The Morgan fingerprint density at radius 3 is 2.67 bits per heavy atom. The summed E-state index contributed by atoms with van der Waals surface area (Å²) in [6.07, 6.45) is 0.635. The van der Waals surface area contributed by atoms with E-state index in [1.165, 1.54) is 16.7 Å². The van der Waals surface area contributed by atoms with E-state index in [1.807, 2.05) is 66.7 Å². The molecule has 3 aromatic rings. The summed E-state index contributed by atoms with van der Waals surface area (Å²) >= 11 is 1.32. The number of thioether (sulfide) groups is 1. The summed E-state index contributed by atoms with van der Waals surface area (Å²) in [5.41, 5.74) is 1.36. The standard InChI is InChI=1S/C23H18N2O4S/c26-20(24-17-10-9-15-5-1-2-6-16(15)13-17)14-29-22(28)23-12-11-21(27)25(23)18-7-3-4-8-19(18)30-23/h1-10,13H,11-12,14H2,(H,24,26). The fraction of sp³-hybridized carbons (Fsp3) is 0.174. The van der Waals surface area contributed by atoms with Crippen molar-refractivity contribution in [2.45, 2.75) is 22.6 Å². The minimum Gasteiger partial charge on any atom is -0.453 e. The van der Waals surface area contributed by atoms with Gasteiger partial charge in [0.1, 0.15) is 0 Å². The van der Waals surface area contributed by atoms with Gasteiger partial charge in [-0.05, 0) is 35.0 Å². The van der Waals surface area contributed by atoms with Crippen molar-refractivity contribution >= 4 is 51.7 Å². The van der Waals surface area contributed by atoms with Crippen molar-refractivity contribution in [3.63, 3.8) is 0 Å². The van der Waals surface area contributed by atoms with E-state index < -0.39 is 23.4 Å². The SMILES string of the molecule is O=C(COC(=O)C12CCC(=O)N1c1ccccc1S2)Nc1ccc2ccccc2c1. The topological polar surface area (TPSA) is 75.7 Å². The second-order valence-electron chi connectivity index (χ2n) is 7.27. The first-order chi connectivity index (χ1) is 14.6. The average Bonchev–Trinajstić information content (AvgIpc) is 3.27. The lowest BCUT2D eigenvalue weighted by molar-refractivity contribution is -0.149. The van der Waals surface area contributed by atoms with Crippen LogP contribution in [0.3, 0.4) is 0 Å². The predicted molar refractivity (Wildman–Crippen MR) is 115 cm³/mol. The van der Waals surface area contributed by atoms with Gasteiger partial charge in [0.15, 0.2) is 11.5 Å². The lowest BCUT2D eigenvalue weighted by Gasteiger charge is -2.28. The quantitative estimate of drug-likeness (QED) is 0.650. The number of nitrogens with one attached hydrogen (secondary N) is 1. The summed E-state index contributed by atoms with van der Waals surface area (Å²) in [7, 11) is 0. The smallest absolute Gasteiger partial charge is 0.344 e. The van der Waals surface area contributed by atoms with Crippen LogP contribution in [0.15, 0.2) is 71.6 Å². The summed E-state index contributed by atoms with van der Waals surface area (Å²) in [6.45, 7) is -0.410. The van der Waals surface area contributed by atoms with Crippen LogP contribution in [0.1, 0.15) is 12.8 Å². The van der Waals surface area contributed by atoms with Crippen LogP contribution in [0.4, 0.5) is 11.4 Å². The second kappa shape index (κ2) is 7.18. The van der Waals surface area contributed by atoms with E-state index in [1.54, 1.807) is 0 Å². The molecule has 0 aliphatic carbocycles. The summed E-state index contributed by atoms with van der Waals surface area (Å²) in [5, 5.41) is 4.84. The number of fused-ring (bicyclic) bond motifs is 4. The minimum absolute atomic E-state index is 0.106. The molecule has 5 rings (SSSR count). The molecule has 2 heterocycles. The minimum atomic E-state index is -1.12. The zero-order valence-corrected chi connectivity index (χ0v) is 16.8. The molecule has 7 heteroatoms. The van der Waals surface area contributed by atoms with Gasteiger partial charge in [-0.1, -0.05) is 54.2 Å². The van der Waals surface area contributed by atoms with Crippen LogP contribution in [-0.2, 0) is 19.1 Å². The molecule has 2 aliphatic rings. The lowest BCUT2D eigenvalue weighted by atomic mass is 10.1. The Labute approximate surface area is 177 Å². The van der Waals surface area contributed by atoms with Crippen molar-refractivity contribution in [3.8, 4) is 0 Å². The van der Waals surface area contributed by atoms with Crippen LogP contribution in [0.25, 0.3) is 10.8 Å². The number of ether oxygens (including phenoxy) is 1. The molecule has 30 heavy (non-hydrogen) atoms. The van der Waals surface area contributed by atoms with E-state index in [9.17, 15) is 14.4 Å². The number of anilines is 2. The number of para-hydroxylation sites is 1. The fourth-order valence-electron chi connectivity index (χ4n) is 3.98. The van der Waals surface area contributed by atoms with Gasteiger partial charge in [-0.3, -0.25) is 14.5 Å². The molecule has 1 fully saturated rings. The first kappa shape index (κ1) is 18.7. The first-order valence-electron chi connectivity index (χ1n) is 9.64. The molecule has 150 valence electrons. The number of carbonyl (C=O) groups excluding carboxylic acids is 3. The zero-order chi connectivity index (χ0) is 20.7. The lowest BCUT2D eigenvalue weighted by Crippen LogP contribution is -2.48. The van der Waals surface area contributed by atoms with E-state index in [0.29, 0.717) is 12.1 Å². The second-order valence-corrected chi connectivity index (χ2v) is 8.59. The maximum atomic E-state index is 13.0. The summed E-state index contributed by atoms with van der Waals surface area (Å²) in [6, 6.07) is 20.9. The summed E-state index contributed by atoms with van der Waals surface area (Å²) in [4.78, 5) is 39.0. The van der Waals surface area contributed by atoms with Crippen molar-refractivity contribution < 1.29 is 19.1 Å². The van der Waals surface area contributed by atoms with Crippen LogP contribution in [0.5, 0.6) is 0 Å². The Balaban J connectivity index is 1.27. The molecular formula is C23H18N2O4S. The maximum absolute atomic E-state index is 13.0. The molecule has 1 unspecified atom stereocenters. The van der Waals surface area contributed by atoms with E-state index in [0.717, 1.165) is 21.4 Å². The molecule has 0 bridgehead atoms. The van der Waals surface area contributed by atoms with Crippen LogP contribution in [0, 0.1) is 0 Å². The Bertz CT molecular complexity index is 1190. The van der Waals surface area contributed by atoms with Crippen LogP contribution in [-0.4, -0.2) is 29.3 Å². The molecule has 1 saturated heterocycles. The van der Waals surface area contributed by atoms with Crippen molar-refractivity contribution in [1.29, 1.82) is 0 Å². The molecule has 2 aliphatic heterocycles. The van der Waals surface area contributed by atoms with E-state index in [4.69, 9.17) is 4.74 Å². The zero-order valence-electron chi connectivity index (χ0n) is 16.0. The number of hydrogen-bond donors (Lipinski definition) is 1. The Kier molecular flexibility index (Phi) is 4.47. The third-order valence-electron chi connectivity index (χ3n) is 5.36. The summed E-state index contributed by atoms with van der Waals surface area (Å²) < 4.78 is 5.37. The van der Waals surface area contributed by atoms with Crippen LogP contribution < -0.4 is 10.2 Å². The highest BCUT2D eigenvalue weighted by Crippen LogP contribution is 2.56. The van der Waals surface area contributed by atoms with E-state index in [2.05, 4.69) is 5.32 Å². The van der Waals surface area contributed by atoms with Crippen LogP contribution >= 0.6 is 11.8 Å². The van der Waals surface area contributed by atoms with E-state index >= 15 is 0 Å². The molecule has 6 nitrogen and oxygen atoms in total. The van der Waals surface area contributed by atoms with Gasteiger partial charge in [-0.2, -0.15) is 0 Å². The normalized spacial score (nSPS) is 19.5. The summed E-state index contributed by atoms with van der Waals surface area (Å²) in [5.74, 6) is -1.10. The molecule has 0 saturated carbocycles. The highest BCUT2D eigenvalue weighted by molar-refractivity contribution is 8.02. The van der Waals surface area contributed by atoms with Crippen molar-refractivity contribution in [1.82, 2.24) is 0 Å². The molecule has 3 aromatic carbocycles. The van der Waals surface area contributed by atoms with Crippen molar-refractivity contribution in [2.75, 3.05) is 16.8 Å². The molecule has 0 aromatic heterocycles. The number of amides is 2. The Morgan fingerprint density at radius 1 is 1.03 bits per heavy atom. The first-order valence-corrected chi connectivity index (χ1v) is 10.5. The third-order valence-corrected chi connectivity index (χ3v) is 6.82. The molecule has 0 radical (unpaired) electrons. The highest BCUT2D eigenvalue weighted by atomic mass is 32.2. The van der Waals surface area contributed by atoms with Crippen molar-refractivity contribution in [2.24, 2.45) is 0 Å². The number of hydrogen-bond acceptors (Lipinski definition) is 5.